The Morgan fingerprint density at radius 2 is 2.00 bits per heavy atom. The molecular formula is C14H24O2. The third kappa shape index (κ3) is 4.11. The van der Waals surface area contributed by atoms with Gasteiger partial charge in [0, 0.05) is 0 Å². The second-order valence-corrected chi connectivity index (χ2v) is 5.76. The van der Waals surface area contributed by atoms with E-state index in [0.717, 1.165) is 24.8 Å². The molecule has 0 heterocycles. The minimum atomic E-state index is -0.267. The quantitative estimate of drug-likeness (QED) is 0.409. The summed E-state index contributed by atoms with van der Waals surface area (Å²) in [7, 11) is 0. The zero-order valence-electron chi connectivity index (χ0n) is 11.0. The van der Waals surface area contributed by atoms with Gasteiger partial charge in [-0.05, 0) is 58.4 Å². The molecule has 0 aromatic heterocycles. The van der Waals surface area contributed by atoms with Gasteiger partial charge in [-0.2, -0.15) is 0 Å². The second-order valence-electron chi connectivity index (χ2n) is 5.76. The van der Waals surface area contributed by atoms with Crippen molar-refractivity contribution in [3.05, 3.63) is 24.3 Å². The molecule has 1 fully saturated rings. The molecule has 2 atom stereocenters. The average molecular weight is 224 g/mol. The summed E-state index contributed by atoms with van der Waals surface area (Å²) < 4.78 is 0. The van der Waals surface area contributed by atoms with E-state index >= 15 is 0 Å². The van der Waals surface area contributed by atoms with Gasteiger partial charge in [0.2, 0.25) is 0 Å². The van der Waals surface area contributed by atoms with E-state index in [1.54, 1.807) is 0 Å². The van der Waals surface area contributed by atoms with Crippen LogP contribution < -0.4 is 0 Å². The lowest BCUT2D eigenvalue weighted by Crippen LogP contribution is -2.29. The molecule has 0 radical (unpaired) electrons. The molecule has 0 spiro atoms. The van der Waals surface area contributed by atoms with Crippen LogP contribution in [0.5, 0.6) is 0 Å². The van der Waals surface area contributed by atoms with Gasteiger partial charge >= 0.3 is 0 Å². The summed E-state index contributed by atoms with van der Waals surface area (Å²) in [5.74, 6) is 0.541. The van der Waals surface area contributed by atoms with Crippen LogP contribution >= 0.6 is 0 Å². The van der Waals surface area contributed by atoms with Gasteiger partial charge in [0.15, 0.2) is 0 Å². The highest BCUT2D eigenvalue weighted by molar-refractivity contribution is 5.11. The first-order valence-electron chi connectivity index (χ1n) is 5.97. The lowest BCUT2D eigenvalue weighted by atomic mass is 9.81. The van der Waals surface area contributed by atoms with Crippen molar-refractivity contribution < 1.29 is 9.78 Å². The Morgan fingerprint density at radius 1 is 1.38 bits per heavy atom. The summed E-state index contributed by atoms with van der Waals surface area (Å²) in [6.07, 6.45) is 3.12. The number of hydrogen-bond donors (Lipinski definition) is 0. The maximum absolute atomic E-state index is 5.50. The fourth-order valence-corrected chi connectivity index (χ4v) is 1.82. The summed E-state index contributed by atoms with van der Waals surface area (Å²) in [5, 5.41) is 0. The van der Waals surface area contributed by atoms with Gasteiger partial charge in [-0.1, -0.05) is 18.7 Å². The maximum Gasteiger partial charge on any atom is 0.114 e. The van der Waals surface area contributed by atoms with E-state index < -0.39 is 0 Å². The molecule has 0 N–H and O–H groups in total. The molecule has 0 amide bonds. The van der Waals surface area contributed by atoms with Gasteiger partial charge < -0.3 is 0 Å². The lowest BCUT2D eigenvalue weighted by molar-refractivity contribution is -0.369. The summed E-state index contributed by atoms with van der Waals surface area (Å²) in [4.78, 5) is 10.9. The van der Waals surface area contributed by atoms with Gasteiger partial charge in [-0.15, -0.1) is 0 Å². The first kappa shape index (κ1) is 13.5. The highest BCUT2D eigenvalue weighted by Crippen LogP contribution is 2.33. The van der Waals surface area contributed by atoms with E-state index in [1.165, 1.54) is 5.57 Å². The van der Waals surface area contributed by atoms with E-state index in [4.69, 9.17) is 9.78 Å². The van der Waals surface area contributed by atoms with E-state index in [9.17, 15) is 0 Å². The Bertz CT molecular complexity index is 273. The second kappa shape index (κ2) is 5.15. The fraction of sp³-hybridized carbons (Fsp3) is 0.714. The molecule has 1 saturated carbocycles. The first-order valence-corrected chi connectivity index (χ1v) is 5.97. The predicted octanol–water partition coefficient (Wildman–Crippen LogP) is 4.03. The Hall–Kier alpha value is -0.600. The van der Waals surface area contributed by atoms with Gasteiger partial charge in [0.1, 0.15) is 6.10 Å². The predicted molar refractivity (Wildman–Crippen MR) is 67.0 cm³/mol. The Labute approximate surface area is 99.3 Å². The monoisotopic (exact) mass is 224 g/mol. The number of allylic oxidation sites excluding steroid dienone is 1. The highest BCUT2D eigenvalue weighted by atomic mass is 17.2. The molecule has 2 nitrogen and oxygen atoms in total. The minimum absolute atomic E-state index is 0.0228. The summed E-state index contributed by atoms with van der Waals surface area (Å²) in [6, 6.07) is 0. The van der Waals surface area contributed by atoms with Crippen LogP contribution in [0, 0.1) is 5.92 Å². The molecule has 1 rings (SSSR count). The fourth-order valence-electron chi connectivity index (χ4n) is 1.82. The van der Waals surface area contributed by atoms with Crippen molar-refractivity contribution in [1.82, 2.24) is 0 Å². The largest absolute Gasteiger partial charge is 0.230 e. The molecule has 0 saturated heterocycles. The van der Waals surface area contributed by atoms with Crippen molar-refractivity contribution in [1.29, 1.82) is 0 Å². The molecule has 2 heteroatoms. The zero-order valence-corrected chi connectivity index (χ0v) is 11.0. The van der Waals surface area contributed by atoms with Gasteiger partial charge in [0.05, 0.1) is 5.60 Å². The van der Waals surface area contributed by atoms with Crippen molar-refractivity contribution in [3.63, 3.8) is 0 Å². The third-order valence-corrected chi connectivity index (χ3v) is 2.88. The number of rotatable bonds is 3. The Morgan fingerprint density at radius 3 is 2.50 bits per heavy atom. The Balaban J connectivity index is 2.50. The van der Waals surface area contributed by atoms with Crippen LogP contribution in [0.1, 0.15) is 47.0 Å². The summed E-state index contributed by atoms with van der Waals surface area (Å²) >= 11 is 0. The molecule has 92 valence electrons. The van der Waals surface area contributed by atoms with Crippen LogP contribution in [0.3, 0.4) is 0 Å². The van der Waals surface area contributed by atoms with Crippen molar-refractivity contribution in [2.45, 2.75) is 58.7 Å². The van der Waals surface area contributed by atoms with E-state index in [1.807, 2.05) is 20.8 Å². The van der Waals surface area contributed by atoms with Crippen molar-refractivity contribution in [2.75, 3.05) is 0 Å². The molecular weight excluding hydrogens is 200 g/mol. The molecule has 0 aromatic carbocycles. The summed E-state index contributed by atoms with van der Waals surface area (Å²) in [6.45, 7) is 16.1. The molecule has 1 aliphatic carbocycles. The van der Waals surface area contributed by atoms with E-state index in [2.05, 4.69) is 20.1 Å². The smallest absolute Gasteiger partial charge is 0.114 e. The maximum atomic E-state index is 5.50. The topological polar surface area (TPSA) is 18.5 Å². The lowest BCUT2D eigenvalue weighted by Gasteiger charge is -2.32. The zero-order chi connectivity index (χ0) is 12.3. The minimum Gasteiger partial charge on any atom is -0.230 e. The SMILES string of the molecule is C=C1CC[C@H](C(=C)C)CC1OOC(C)(C)C. The first-order chi connectivity index (χ1) is 7.29. The van der Waals surface area contributed by atoms with Crippen LogP contribution in [0.15, 0.2) is 24.3 Å². The normalized spacial score (nSPS) is 26.9. The van der Waals surface area contributed by atoms with Crippen LogP contribution in [-0.2, 0) is 9.78 Å². The van der Waals surface area contributed by atoms with Crippen LogP contribution in [0.25, 0.3) is 0 Å². The third-order valence-electron chi connectivity index (χ3n) is 2.88. The van der Waals surface area contributed by atoms with Gasteiger partial charge in [-0.3, -0.25) is 0 Å². The average Bonchev–Trinajstić information content (AvgIpc) is 2.14. The molecule has 16 heavy (non-hydrogen) atoms. The van der Waals surface area contributed by atoms with Crippen LogP contribution in [0.2, 0.25) is 0 Å². The number of hydrogen-bond acceptors (Lipinski definition) is 2. The van der Waals surface area contributed by atoms with Crippen molar-refractivity contribution in [3.8, 4) is 0 Å². The molecule has 1 unspecified atom stereocenters. The Kier molecular flexibility index (Phi) is 4.34. The molecule has 1 aliphatic rings. The van der Waals surface area contributed by atoms with Crippen LogP contribution in [-0.4, -0.2) is 11.7 Å². The molecule has 0 aliphatic heterocycles. The van der Waals surface area contributed by atoms with Crippen LogP contribution in [0.4, 0.5) is 0 Å². The molecule has 0 aromatic rings. The van der Waals surface area contributed by atoms with Gasteiger partial charge in [0.25, 0.3) is 0 Å². The van der Waals surface area contributed by atoms with Crippen molar-refractivity contribution >= 4 is 0 Å². The van der Waals surface area contributed by atoms with Crippen molar-refractivity contribution in [2.24, 2.45) is 5.92 Å². The molecule has 0 bridgehead atoms. The highest BCUT2D eigenvalue weighted by Gasteiger charge is 2.28. The van der Waals surface area contributed by atoms with E-state index in [0.29, 0.717) is 5.92 Å². The summed E-state index contributed by atoms with van der Waals surface area (Å²) in [5.41, 5.74) is 2.11. The van der Waals surface area contributed by atoms with Gasteiger partial charge in [-0.25, -0.2) is 9.78 Å². The van der Waals surface area contributed by atoms with E-state index in [-0.39, 0.29) is 11.7 Å². The standard InChI is InChI=1S/C14H24O2/c1-10(2)12-8-7-11(3)13(9-12)15-16-14(4,5)6/h12-13H,1,3,7-9H2,2,4-6H3/t12-,13?/m0/s1.